The number of benzene rings is 1. The Hall–Kier alpha value is -2.12. The summed E-state index contributed by atoms with van der Waals surface area (Å²) < 4.78 is 28.4. The first kappa shape index (κ1) is 12.9. The maximum Gasteiger partial charge on any atom is 0.242 e. The molecule has 0 amide bonds. The highest BCUT2D eigenvalue weighted by atomic mass is 32.2. The summed E-state index contributed by atoms with van der Waals surface area (Å²) in [5, 5.41) is 0. The molecule has 0 aliphatic carbocycles. The lowest BCUT2D eigenvalue weighted by molar-refractivity contribution is 0.579. The van der Waals surface area contributed by atoms with Crippen LogP contribution in [0.5, 0.6) is 0 Å². The number of sulfonamides is 1. The van der Waals surface area contributed by atoms with Crippen molar-refractivity contribution in [3.63, 3.8) is 0 Å². The van der Waals surface area contributed by atoms with Crippen LogP contribution in [-0.4, -0.2) is 23.0 Å². The van der Waals surface area contributed by atoms with Crippen LogP contribution in [0.25, 0.3) is 11.0 Å². The lowest BCUT2D eigenvalue weighted by Gasteiger charge is -2.02. The zero-order valence-corrected chi connectivity index (χ0v) is 11.7. The highest BCUT2D eigenvalue weighted by molar-refractivity contribution is 7.89. The van der Waals surface area contributed by atoms with E-state index in [1.807, 2.05) is 24.3 Å². The van der Waals surface area contributed by atoms with E-state index < -0.39 is 10.0 Å². The van der Waals surface area contributed by atoms with E-state index >= 15 is 0 Å². The van der Waals surface area contributed by atoms with Crippen LogP contribution in [0, 0.1) is 0 Å². The molecule has 3 rings (SSSR count). The molecule has 0 saturated carbocycles. The van der Waals surface area contributed by atoms with Crippen molar-refractivity contribution in [2.75, 3.05) is 0 Å². The summed E-state index contributed by atoms with van der Waals surface area (Å²) in [7, 11) is -1.73. The molecule has 0 fully saturated rings. The van der Waals surface area contributed by atoms with Crippen LogP contribution in [-0.2, 0) is 23.6 Å². The summed E-state index contributed by atoms with van der Waals surface area (Å²) in [5.74, 6) is 0.589. The summed E-state index contributed by atoms with van der Waals surface area (Å²) in [6, 6.07) is 9.12. The molecule has 0 saturated heterocycles. The summed E-state index contributed by atoms with van der Waals surface area (Å²) in [6.45, 7) is 0.131. The Morgan fingerprint density at radius 2 is 2.10 bits per heavy atom. The molecule has 0 bridgehead atoms. The molecule has 0 spiro atoms. The second kappa shape index (κ2) is 4.77. The minimum Gasteiger partial charge on any atom is -0.356 e. The van der Waals surface area contributed by atoms with E-state index in [2.05, 4.69) is 14.7 Å². The molecule has 0 radical (unpaired) electrons. The van der Waals surface area contributed by atoms with Gasteiger partial charge in [-0.1, -0.05) is 12.1 Å². The van der Waals surface area contributed by atoms with Gasteiger partial charge in [0.05, 0.1) is 22.5 Å². The zero-order chi connectivity index (χ0) is 14.2. The third-order valence-electron chi connectivity index (χ3n) is 2.98. The number of hydrogen-bond acceptors (Lipinski definition) is 3. The third-order valence-corrected chi connectivity index (χ3v) is 4.37. The Kier molecular flexibility index (Phi) is 3.07. The van der Waals surface area contributed by atoms with Crippen molar-refractivity contribution in [1.82, 2.24) is 19.3 Å². The minimum atomic E-state index is -3.51. The largest absolute Gasteiger partial charge is 0.356 e. The fourth-order valence-corrected chi connectivity index (χ4v) is 3.01. The van der Waals surface area contributed by atoms with E-state index in [0.29, 0.717) is 5.82 Å². The molecule has 0 unspecified atom stereocenters. The SMILES string of the molecule is Cn1ccc(S(=O)(=O)NCc2nc3ccccc3[nH]2)c1. The number of aromatic nitrogens is 3. The van der Waals surface area contributed by atoms with Crippen LogP contribution in [0.3, 0.4) is 0 Å². The Bertz CT molecular complexity index is 815. The first-order chi connectivity index (χ1) is 9.54. The molecule has 1 aromatic carbocycles. The number of hydrogen-bond donors (Lipinski definition) is 2. The second-order valence-corrected chi connectivity index (χ2v) is 6.30. The molecule has 2 heterocycles. The Morgan fingerprint density at radius 3 is 2.80 bits per heavy atom. The first-order valence-electron chi connectivity index (χ1n) is 6.10. The van der Waals surface area contributed by atoms with Crippen molar-refractivity contribution in [1.29, 1.82) is 0 Å². The smallest absolute Gasteiger partial charge is 0.242 e. The number of nitrogens with zero attached hydrogens (tertiary/aromatic N) is 2. The predicted molar refractivity (Wildman–Crippen MR) is 75.5 cm³/mol. The van der Waals surface area contributed by atoms with E-state index in [1.54, 1.807) is 30.1 Å². The van der Waals surface area contributed by atoms with Gasteiger partial charge in [-0.05, 0) is 18.2 Å². The van der Waals surface area contributed by atoms with Gasteiger partial charge in [0.15, 0.2) is 0 Å². The van der Waals surface area contributed by atoms with Crippen molar-refractivity contribution in [3.8, 4) is 0 Å². The lowest BCUT2D eigenvalue weighted by atomic mass is 10.3. The average Bonchev–Trinajstić information content (AvgIpc) is 3.02. The number of para-hydroxylation sites is 2. The summed E-state index contributed by atoms with van der Waals surface area (Å²) >= 11 is 0. The molecule has 20 heavy (non-hydrogen) atoms. The minimum absolute atomic E-state index is 0.131. The second-order valence-electron chi connectivity index (χ2n) is 4.54. The molecule has 3 aromatic rings. The molecule has 104 valence electrons. The highest BCUT2D eigenvalue weighted by Crippen LogP contribution is 2.12. The van der Waals surface area contributed by atoms with Gasteiger partial charge in [-0.3, -0.25) is 0 Å². The maximum atomic E-state index is 12.1. The predicted octanol–water partition coefficient (Wildman–Crippen LogP) is 1.38. The quantitative estimate of drug-likeness (QED) is 0.762. The number of H-pyrrole nitrogens is 1. The molecule has 2 aromatic heterocycles. The van der Waals surface area contributed by atoms with Crippen LogP contribution in [0.1, 0.15) is 5.82 Å². The van der Waals surface area contributed by atoms with Gasteiger partial charge in [0, 0.05) is 19.4 Å². The third kappa shape index (κ3) is 2.45. The van der Waals surface area contributed by atoms with Crippen molar-refractivity contribution in [2.45, 2.75) is 11.4 Å². The van der Waals surface area contributed by atoms with Crippen molar-refractivity contribution >= 4 is 21.1 Å². The van der Waals surface area contributed by atoms with E-state index in [-0.39, 0.29) is 11.4 Å². The Morgan fingerprint density at radius 1 is 1.30 bits per heavy atom. The number of rotatable bonds is 4. The average molecular weight is 290 g/mol. The van der Waals surface area contributed by atoms with Crippen LogP contribution in [0.2, 0.25) is 0 Å². The van der Waals surface area contributed by atoms with E-state index in [0.717, 1.165) is 11.0 Å². The number of imidazole rings is 1. The molecule has 0 atom stereocenters. The summed E-state index contributed by atoms with van der Waals surface area (Å²) in [4.78, 5) is 7.65. The lowest BCUT2D eigenvalue weighted by Crippen LogP contribution is -2.23. The van der Waals surface area contributed by atoms with Crippen LogP contribution in [0.15, 0.2) is 47.6 Å². The fourth-order valence-electron chi connectivity index (χ4n) is 1.97. The maximum absolute atomic E-state index is 12.1. The van der Waals surface area contributed by atoms with Gasteiger partial charge in [0.25, 0.3) is 0 Å². The monoisotopic (exact) mass is 290 g/mol. The summed E-state index contributed by atoms with van der Waals surface area (Å²) in [6.07, 6.45) is 3.25. The van der Waals surface area contributed by atoms with Crippen molar-refractivity contribution in [2.24, 2.45) is 7.05 Å². The van der Waals surface area contributed by atoms with Gasteiger partial charge in [0.2, 0.25) is 10.0 Å². The summed E-state index contributed by atoms with van der Waals surface area (Å²) in [5.41, 5.74) is 1.71. The standard InChI is InChI=1S/C13H14N4O2S/c1-17-7-6-10(9-17)20(18,19)14-8-13-15-11-4-2-3-5-12(11)16-13/h2-7,9,14H,8H2,1H3,(H,15,16). The normalized spacial score (nSPS) is 12.1. The van der Waals surface area contributed by atoms with Crippen LogP contribution < -0.4 is 4.72 Å². The molecule has 6 nitrogen and oxygen atoms in total. The molecular formula is C13H14N4O2S. The Labute approximate surface area is 116 Å². The van der Waals surface area contributed by atoms with Gasteiger partial charge in [0.1, 0.15) is 5.82 Å². The molecule has 7 heteroatoms. The number of aromatic amines is 1. The highest BCUT2D eigenvalue weighted by Gasteiger charge is 2.15. The van der Waals surface area contributed by atoms with Crippen molar-refractivity contribution < 1.29 is 8.42 Å². The number of nitrogens with one attached hydrogen (secondary N) is 2. The van der Waals surface area contributed by atoms with Gasteiger partial charge >= 0.3 is 0 Å². The molecule has 0 aliphatic rings. The first-order valence-corrected chi connectivity index (χ1v) is 7.58. The number of fused-ring (bicyclic) bond motifs is 1. The van der Waals surface area contributed by atoms with Gasteiger partial charge < -0.3 is 9.55 Å². The van der Waals surface area contributed by atoms with E-state index in [9.17, 15) is 8.42 Å². The van der Waals surface area contributed by atoms with Gasteiger partial charge in [-0.15, -0.1) is 0 Å². The van der Waals surface area contributed by atoms with E-state index in [1.165, 1.54) is 0 Å². The Balaban J connectivity index is 1.79. The fraction of sp³-hybridized carbons (Fsp3) is 0.154. The molecular weight excluding hydrogens is 276 g/mol. The van der Waals surface area contributed by atoms with E-state index in [4.69, 9.17) is 0 Å². The molecule has 0 aliphatic heterocycles. The van der Waals surface area contributed by atoms with Crippen LogP contribution in [0.4, 0.5) is 0 Å². The molecule has 2 N–H and O–H groups in total. The van der Waals surface area contributed by atoms with Gasteiger partial charge in [-0.2, -0.15) is 0 Å². The van der Waals surface area contributed by atoms with Crippen LogP contribution >= 0.6 is 0 Å². The number of aryl methyl sites for hydroxylation is 1. The van der Waals surface area contributed by atoms with Gasteiger partial charge in [-0.25, -0.2) is 18.1 Å². The van der Waals surface area contributed by atoms with Crippen molar-refractivity contribution in [3.05, 3.63) is 48.5 Å². The topological polar surface area (TPSA) is 79.8 Å². The zero-order valence-electron chi connectivity index (χ0n) is 10.9.